The van der Waals surface area contributed by atoms with Crippen molar-refractivity contribution in [3.63, 3.8) is 0 Å². The molecular weight excluding hydrogens is 390 g/mol. The summed E-state index contributed by atoms with van der Waals surface area (Å²) in [5, 5.41) is 0.717. The maximum absolute atomic E-state index is 13.1. The first-order chi connectivity index (χ1) is 13.6. The molecule has 1 aliphatic heterocycles. The number of nitrogens with zero attached hydrogens (tertiary/aromatic N) is 3. The number of carbonyl (C=O) groups is 2. The second-order valence-electron chi connectivity index (χ2n) is 8.52. The maximum Gasteiger partial charge on any atom is 0.410 e. The molecular formula is C21H29N3O4S. The van der Waals surface area contributed by atoms with Crippen LogP contribution in [0, 0.1) is 12.8 Å². The van der Waals surface area contributed by atoms with Crippen LogP contribution in [0.25, 0.3) is 10.8 Å². The third-order valence-electron chi connectivity index (χ3n) is 4.77. The third-order valence-corrected chi connectivity index (χ3v) is 5.76. The molecule has 1 saturated heterocycles. The van der Waals surface area contributed by atoms with Gasteiger partial charge in [0, 0.05) is 31.6 Å². The highest BCUT2D eigenvalue weighted by Gasteiger charge is 2.30. The molecule has 1 unspecified atom stereocenters. The molecule has 7 nitrogen and oxygen atoms in total. The number of ether oxygens (including phenoxy) is 1. The van der Waals surface area contributed by atoms with Gasteiger partial charge in [0.1, 0.15) is 11.3 Å². The molecule has 3 heterocycles. The number of likely N-dealkylation sites (tertiary alicyclic amines) is 1. The number of hydrogen-bond acceptors (Lipinski definition) is 6. The molecule has 0 radical (unpaired) electrons. The van der Waals surface area contributed by atoms with Crippen LogP contribution in [0.2, 0.25) is 0 Å². The topological polar surface area (TPSA) is 75.9 Å². The van der Waals surface area contributed by atoms with Crippen molar-refractivity contribution in [2.24, 2.45) is 5.92 Å². The van der Waals surface area contributed by atoms with Crippen LogP contribution in [0.3, 0.4) is 0 Å². The number of piperidine rings is 1. The zero-order chi connectivity index (χ0) is 21.2. The van der Waals surface area contributed by atoms with Crippen LogP contribution < -0.4 is 0 Å². The molecule has 0 bridgehead atoms. The number of carbonyl (C=O) groups excluding carboxylic acids is 2. The van der Waals surface area contributed by atoms with Crippen LogP contribution in [0.15, 0.2) is 22.8 Å². The molecule has 2 amide bonds. The van der Waals surface area contributed by atoms with E-state index >= 15 is 0 Å². The fraction of sp³-hybridized carbons (Fsp3) is 0.571. The first-order valence-corrected chi connectivity index (χ1v) is 10.7. The molecule has 2 aromatic rings. The first kappa shape index (κ1) is 21.4. The normalized spacial score (nSPS) is 17.3. The zero-order valence-corrected chi connectivity index (χ0v) is 18.5. The highest BCUT2D eigenvalue weighted by Crippen LogP contribution is 2.29. The number of hydrogen-bond donors (Lipinski definition) is 0. The van der Waals surface area contributed by atoms with Crippen molar-refractivity contribution in [3.05, 3.63) is 29.0 Å². The molecule has 1 atom stereocenters. The lowest BCUT2D eigenvalue weighted by Gasteiger charge is -2.35. The van der Waals surface area contributed by atoms with Crippen LogP contribution in [0.4, 0.5) is 4.79 Å². The predicted molar refractivity (Wildman–Crippen MR) is 112 cm³/mol. The van der Waals surface area contributed by atoms with Crippen molar-refractivity contribution in [1.82, 2.24) is 14.8 Å². The Hall–Kier alpha value is -2.35. The number of aromatic nitrogens is 1. The van der Waals surface area contributed by atoms with Crippen LogP contribution >= 0.6 is 11.3 Å². The summed E-state index contributed by atoms with van der Waals surface area (Å²) in [6.45, 7) is 9.35. The standard InChI is InChI=1S/C21H29N3O4S/c1-14-17(22-18(29-14)16-9-7-11-27-16)19(25)24-10-6-8-15(13-24)12-23(5)20(26)28-21(2,3)4/h7,9,11,15H,6,8,10,12-13H2,1-5H3. The van der Waals surface area contributed by atoms with Crippen LogP contribution in [0.1, 0.15) is 49.0 Å². The maximum atomic E-state index is 13.1. The summed E-state index contributed by atoms with van der Waals surface area (Å²) < 4.78 is 10.8. The molecule has 3 rings (SSSR count). The van der Waals surface area contributed by atoms with Gasteiger partial charge in [0.2, 0.25) is 0 Å². The van der Waals surface area contributed by atoms with Crippen molar-refractivity contribution in [2.75, 3.05) is 26.7 Å². The Morgan fingerprint density at radius 1 is 1.41 bits per heavy atom. The lowest BCUT2D eigenvalue weighted by Crippen LogP contribution is -2.45. The van der Waals surface area contributed by atoms with E-state index in [0.717, 1.165) is 17.7 Å². The van der Waals surface area contributed by atoms with E-state index in [0.29, 0.717) is 36.1 Å². The van der Waals surface area contributed by atoms with Crippen molar-refractivity contribution < 1.29 is 18.7 Å². The summed E-state index contributed by atoms with van der Waals surface area (Å²) in [6, 6.07) is 3.65. The molecule has 0 saturated carbocycles. The minimum atomic E-state index is -0.520. The summed E-state index contributed by atoms with van der Waals surface area (Å²) >= 11 is 1.46. The quantitative estimate of drug-likeness (QED) is 0.733. The van der Waals surface area contributed by atoms with Crippen LogP contribution in [-0.4, -0.2) is 59.1 Å². The van der Waals surface area contributed by atoms with E-state index in [1.165, 1.54) is 11.3 Å². The van der Waals surface area contributed by atoms with Gasteiger partial charge in [-0.1, -0.05) is 0 Å². The summed E-state index contributed by atoms with van der Waals surface area (Å²) in [4.78, 5) is 34.2. The van der Waals surface area contributed by atoms with Gasteiger partial charge in [-0.25, -0.2) is 9.78 Å². The highest BCUT2D eigenvalue weighted by atomic mass is 32.1. The van der Waals surface area contributed by atoms with Gasteiger partial charge in [-0.15, -0.1) is 11.3 Å². The van der Waals surface area contributed by atoms with E-state index < -0.39 is 5.60 Å². The average Bonchev–Trinajstić information content (AvgIpc) is 3.29. The van der Waals surface area contributed by atoms with Crippen molar-refractivity contribution >= 4 is 23.3 Å². The van der Waals surface area contributed by atoms with Crippen molar-refractivity contribution in [3.8, 4) is 10.8 Å². The van der Waals surface area contributed by atoms with Gasteiger partial charge in [0.15, 0.2) is 10.8 Å². The second kappa shape index (κ2) is 8.57. The number of furan rings is 1. The fourth-order valence-electron chi connectivity index (χ4n) is 3.45. The number of aryl methyl sites for hydroxylation is 1. The van der Waals surface area contributed by atoms with E-state index in [-0.39, 0.29) is 17.9 Å². The van der Waals surface area contributed by atoms with Crippen LogP contribution in [-0.2, 0) is 4.74 Å². The lowest BCUT2D eigenvalue weighted by atomic mass is 9.97. The monoisotopic (exact) mass is 419 g/mol. The van der Waals surface area contributed by atoms with Gasteiger partial charge in [-0.3, -0.25) is 4.79 Å². The molecule has 158 valence electrons. The second-order valence-corrected chi connectivity index (χ2v) is 9.72. The predicted octanol–water partition coefficient (Wildman–Crippen LogP) is 4.43. The molecule has 1 fully saturated rings. The Labute approximate surface area is 175 Å². The van der Waals surface area contributed by atoms with Gasteiger partial charge < -0.3 is 19.0 Å². The van der Waals surface area contributed by atoms with E-state index in [1.54, 1.807) is 18.2 Å². The number of amides is 2. The Balaban J connectivity index is 1.63. The van der Waals surface area contributed by atoms with Gasteiger partial charge in [-0.05, 0) is 58.6 Å². The number of thiazole rings is 1. The Morgan fingerprint density at radius 3 is 2.83 bits per heavy atom. The molecule has 0 aliphatic carbocycles. The first-order valence-electron chi connectivity index (χ1n) is 9.88. The number of rotatable bonds is 4. The zero-order valence-electron chi connectivity index (χ0n) is 17.7. The third kappa shape index (κ3) is 5.38. The average molecular weight is 420 g/mol. The van der Waals surface area contributed by atoms with Gasteiger partial charge in [-0.2, -0.15) is 0 Å². The molecule has 2 aromatic heterocycles. The molecule has 0 N–H and O–H groups in total. The van der Waals surface area contributed by atoms with E-state index in [1.807, 2.05) is 44.7 Å². The Morgan fingerprint density at radius 2 is 2.17 bits per heavy atom. The molecule has 8 heteroatoms. The highest BCUT2D eigenvalue weighted by molar-refractivity contribution is 7.15. The minimum absolute atomic E-state index is 0.0545. The summed E-state index contributed by atoms with van der Waals surface area (Å²) in [5.74, 6) is 0.836. The molecule has 0 aromatic carbocycles. The Bertz CT molecular complexity index is 854. The SMILES string of the molecule is Cc1sc(-c2ccco2)nc1C(=O)N1CCCC(CN(C)C(=O)OC(C)(C)C)C1. The largest absolute Gasteiger partial charge is 0.462 e. The molecule has 29 heavy (non-hydrogen) atoms. The fourth-order valence-corrected chi connectivity index (χ4v) is 4.32. The van der Waals surface area contributed by atoms with E-state index in [4.69, 9.17) is 9.15 Å². The smallest absolute Gasteiger partial charge is 0.410 e. The summed E-state index contributed by atoms with van der Waals surface area (Å²) in [7, 11) is 1.75. The van der Waals surface area contributed by atoms with Gasteiger partial charge in [0.25, 0.3) is 5.91 Å². The van der Waals surface area contributed by atoms with E-state index in [2.05, 4.69) is 4.98 Å². The van der Waals surface area contributed by atoms with Crippen molar-refractivity contribution in [1.29, 1.82) is 0 Å². The Kier molecular flexibility index (Phi) is 6.31. The summed E-state index contributed by atoms with van der Waals surface area (Å²) in [5.41, 5.74) is -0.0316. The van der Waals surface area contributed by atoms with Crippen molar-refractivity contribution in [2.45, 2.75) is 46.1 Å². The lowest BCUT2D eigenvalue weighted by molar-refractivity contribution is 0.0244. The molecule has 0 spiro atoms. The van der Waals surface area contributed by atoms with Gasteiger partial charge in [0.05, 0.1) is 6.26 Å². The molecule has 1 aliphatic rings. The van der Waals surface area contributed by atoms with E-state index in [9.17, 15) is 9.59 Å². The summed E-state index contributed by atoms with van der Waals surface area (Å²) in [6.07, 6.45) is 3.15. The van der Waals surface area contributed by atoms with Crippen LogP contribution in [0.5, 0.6) is 0 Å². The van der Waals surface area contributed by atoms with Gasteiger partial charge >= 0.3 is 6.09 Å². The minimum Gasteiger partial charge on any atom is -0.462 e.